The van der Waals surface area contributed by atoms with Crippen molar-refractivity contribution in [1.29, 1.82) is 0 Å². The number of ether oxygens (including phenoxy) is 1. The number of benzene rings is 1. The van der Waals surface area contributed by atoms with E-state index in [2.05, 4.69) is 5.43 Å². The van der Waals surface area contributed by atoms with Gasteiger partial charge in [-0.25, -0.2) is 0 Å². The highest BCUT2D eigenvalue weighted by atomic mass is 35.5. The van der Waals surface area contributed by atoms with Crippen LogP contribution < -0.4 is 16.0 Å². The Kier molecular flexibility index (Phi) is 4.25. The number of halogens is 1. The largest absolute Gasteiger partial charge is 0.496 e. The molecule has 0 fully saturated rings. The van der Waals surface area contributed by atoms with Crippen LogP contribution >= 0.6 is 11.6 Å². The van der Waals surface area contributed by atoms with E-state index >= 15 is 0 Å². The monoisotopic (exact) mass is 266 g/mol. The lowest BCUT2D eigenvalue weighted by Gasteiger charge is -2.18. The van der Waals surface area contributed by atoms with Gasteiger partial charge in [-0.05, 0) is 36.2 Å². The number of hydrogen-bond donors (Lipinski definition) is 2. The van der Waals surface area contributed by atoms with Gasteiger partial charge in [0.2, 0.25) is 0 Å². The third-order valence-electron chi connectivity index (χ3n) is 2.79. The summed E-state index contributed by atoms with van der Waals surface area (Å²) in [7, 11) is 1.62. The van der Waals surface area contributed by atoms with E-state index < -0.39 is 0 Å². The lowest BCUT2D eigenvalue weighted by atomic mass is 10.00. The summed E-state index contributed by atoms with van der Waals surface area (Å²) < 4.78 is 10.4. The van der Waals surface area contributed by atoms with Crippen molar-refractivity contribution in [3.63, 3.8) is 0 Å². The van der Waals surface area contributed by atoms with Gasteiger partial charge >= 0.3 is 0 Å². The lowest BCUT2D eigenvalue weighted by Crippen LogP contribution is -2.29. The van der Waals surface area contributed by atoms with Gasteiger partial charge in [0.25, 0.3) is 0 Å². The van der Waals surface area contributed by atoms with E-state index in [9.17, 15) is 0 Å². The molecule has 2 aromatic rings. The summed E-state index contributed by atoms with van der Waals surface area (Å²) in [6.07, 6.45) is 4.03. The van der Waals surface area contributed by atoms with Crippen LogP contribution in [0.15, 0.2) is 41.2 Å². The highest BCUT2D eigenvalue weighted by Gasteiger charge is 2.16. The zero-order chi connectivity index (χ0) is 13.0. The average molecular weight is 267 g/mol. The van der Waals surface area contributed by atoms with Gasteiger partial charge in [0.05, 0.1) is 25.7 Å². The Bertz CT molecular complexity index is 500. The second-order valence-electron chi connectivity index (χ2n) is 3.94. The fourth-order valence-corrected chi connectivity index (χ4v) is 2.06. The van der Waals surface area contributed by atoms with Crippen LogP contribution in [0.5, 0.6) is 5.75 Å². The van der Waals surface area contributed by atoms with Gasteiger partial charge in [-0.3, -0.25) is 11.3 Å². The summed E-state index contributed by atoms with van der Waals surface area (Å²) in [6, 6.07) is 7.29. The smallest absolute Gasteiger partial charge is 0.123 e. The van der Waals surface area contributed by atoms with Gasteiger partial charge in [-0.15, -0.1) is 0 Å². The fraction of sp³-hybridized carbons (Fsp3) is 0.231. The molecule has 4 nitrogen and oxygen atoms in total. The second kappa shape index (κ2) is 5.91. The van der Waals surface area contributed by atoms with E-state index in [0.717, 1.165) is 16.9 Å². The Balaban J connectivity index is 2.28. The van der Waals surface area contributed by atoms with Gasteiger partial charge in [0, 0.05) is 10.6 Å². The summed E-state index contributed by atoms with van der Waals surface area (Å²) in [6.45, 7) is 0. The van der Waals surface area contributed by atoms with Crippen LogP contribution in [0.2, 0.25) is 5.02 Å². The summed E-state index contributed by atoms with van der Waals surface area (Å²) in [5.74, 6) is 6.37. The fourth-order valence-electron chi connectivity index (χ4n) is 1.88. The van der Waals surface area contributed by atoms with Crippen LogP contribution in [0.1, 0.15) is 17.2 Å². The molecule has 0 aliphatic rings. The zero-order valence-corrected chi connectivity index (χ0v) is 10.8. The molecule has 1 aromatic heterocycles. The molecule has 1 atom stereocenters. The molecule has 0 aliphatic carbocycles. The topological polar surface area (TPSA) is 60.4 Å². The standard InChI is InChI=1S/C13H15ClN2O2/c1-17-13-3-2-10(14)7-11(13)12(16-15)6-9-4-5-18-8-9/h2-5,7-8,12,16H,6,15H2,1H3. The minimum atomic E-state index is -0.0868. The molecular weight excluding hydrogens is 252 g/mol. The Labute approximate surface area is 111 Å². The molecule has 1 aromatic carbocycles. The van der Waals surface area contributed by atoms with Crippen LogP contribution in [0, 0.1) is 0 Å². The minimum Gasteiger partial charge on any atom is -0.496 e. The van der Waals surface area contributed by atoms with E-state index in [1.165, 1.54) is 0 Å². The first-order valence-electron chi connectivity index (χ1n) is 5.55. The molecule has 0 bridgehead atoms. The predicted molar refractivity (Wildman–Crippen MR) is 70.5 cm³/mol. The Morgan fingerprint density at radius 3 is 2.89 bits per heavy atom. The van der Waals surface area contributed by atoms with Crippen molar-refractivity contribution in [2.75, 3.05) is 7.11 Å². The van der Waals surface area contributed by atoms with Crippen LogP contribution in [0.4, 0.5) is 0 Å². The molecule has 3 N–H and O–H groups in total. The van der Waals surface area contributed by atoms with Crippen molar-refractivity contribution in [1.82, 2.24) is 5.43 Å². The van der Waals surface area contributed by atoms with E-state index in [-0.39, 0.29) is 6.04 Å². The molecule has 96 valence electrons. The molecular formula is C13H15ClN2O2. The van der Waals surface area contributed by atoms with E-state index in [4.69, 9.17) is 26.6 Å². The van der Waals surface area contributed by atoms with E-state index in [1.54, 1.807) is 25.7 Å². The van der Waals surface area contributed by atoms with Crippen molar-refractivity contribution in [3.8, 4) is 5.75 Å². The highest BCUT2D eigenvalue weighted by Crippen LogP contribution is 2.30. The van der Waals surface area contributed by atoms with Gasteiger partial charge < -0.3 is 9.15 Å². The van der Waals surface area contributed by atoms with Crippen molar-refractivity contribution in [2.45, 2.75) is 12.5 Å². The number of furan rings is 1. The third-order valence-corrected chi connectivity index (χ3v) is 3.02. The number of nitrogens with one attached hydrogen (secondary N) is 1. The molecule has 0 spiro atoms. The minimum absolute atomic E-state index is 0.0868. The summed E-state index contributed by atoms with van der Waals surface area (Å²) in [4.78, 5) is 0. The maximum atomic E-state index is 6.01. The zero-order valence-electron chi connectivity index (χ0n) is 10.0. The average Bonchev–Trinajstić information content (AvgIpc) is 2.88. The number of nitrogens with two attached hydrogens (primary N) is 1. The Morgan fingerprint density at radius 2 is 2.28 bits per heavy atom. The van der Waals surface area contributed by atoms with Crippen LogP contribution in [-0.4, -0.2) is 7.11 Å². The first-order valence-corrected chi connectivity index (χ1v) is 5.93. The first kappa shape index (κ1) is 13.0. The molecule has 18 heavy (non-hydrogen) atoms. The third kappa shape index (κ3) is 2.85. The molecule has 1 unspecified atom stereocenters. The summed E-state index contributed by atoms with van der Waals surface area (Å²) in [5.41, 5.74) is 4.76. The molecule has 5 heteroatoms. The van der Waals surface area contributed by atoms with E-state index in [1.807, 2.05) is 18.2 Å². The Morgan fingerprint density at radius 1 is 1.44 bits per heavy atom. The predicted octanol–water partition coefficient (Wildman–Crippen LogP) is 2.69. The van der Waals surface area contributed by atoms with Crippen LogP contribution in [0.25, 0.3) is 0 Å². The summed E-state index contributed by atoms with van der Waals surface area (Å²) in [5, 5.41) is 0.651. The molecule has 0 amide bonds. The first-order chi connectivity index (χ1) is 8.74. The van der Waals surface area contributed by atoms with Gasteiger partial charge in [0.1, 0.15) is 5.75 Å². The maximum absolute atomic E-state index is 6.01. The van der Waals surface area contributed by atoms with Crippen LogP contribution in [-0.2, 0) is 6.42 Å². The number of hydrogen-bond acceptors (Lipinski definition) is 4. The molecule has 2 rings (SSSR count). The second-order valence-corrected chi connectivity index (χ2v) is 4.38. The molecule has 0 saturated heterocycles. The van der Waals surface area contributed by atoms with Crippen molar-refractivity contribution in [3.05, 3.63) is 52.9 Å². The van der Waals surface area contributed by atoms with Crippen LogP contribution in [0.3, 0.4) is 0 Å². The quantitative estimate of drug-likeness (QED) is 0.645. The SMILES string of the molecule is COc1ccc(Cl)cc1C(Cc1ccoc1)NN. The van der Waals surface area contributed by atoms with Gasteiger partial charge in [-0.2, -0.15) is 0 Å². The number of hydrazine groups is 1. The number of methoxy groups -OCH3 is 1. The molecule has 1 heterocycles. The maximum Gasteiger partial charge on any atom is 0.123 e. The normalized spacial score (nSPS) is 12.4. The number of rotatable bonds is 5. The van der Waals surface area contributed by atoms with Crippen molar-refractivity contribution in [2.24, 2.45) is 5.84 Å². The van der Waals surface area contributed by atoms with Gasteiger partial charge in [0.15, 0.2) is 0 Å². The lowest BCUT2D eigenvalue weighted by molar-refractivity contribution is 0.399. The van der Waals surface area contributed by atoms with E-state index in [0.29, 0.717) is 11.4 Å². The molecule has 0 radical (unpaired) electrons. The molecule has 0 saturated carbocycles. The summed E-state index contributed by atoms with van der Waals surface area (Å²) >= 11 is 6.01. The highest BCUT2D eigenvalue weighted by molar-refractivity contribution is 6.30. The Hall–Kier alpha value is -1.49. The molecule has 0 aliphatic heterocycles. The van der Waals surface area contributed by atoms with Crippen molar-refractivity contribution < 1.29 is 9.15 Å². The van der Waals surface area contributed by atoms with Gasteiger partial charge in [-0.1, -0.05) is 11.6 Å². The van der Waals surface area contributed by atoms with Crippen molar-refractivity contribution >= 4 is 11.6 Å².